The number of nitro groups is 1. The summed E-state index contributed by atoms with van der Waals surface area (Å²) in [5, 5.41) is 19.7. The summed E-state index contributed by atoms with van der Waals surface area (Å²) in [7, 11) is 1.35. The van der Waals surface area contributed by atoms with Crippen molar-refractivity contribution in [3.63, 3.8) is 0 Å². The molecule has 1 unspecified atom stereocenters. The van der Waals surface area contributed by atoms with Crippen LogP contribution in [0.3, 0.4) is 0 Å². The molecule has 6 heteroatoms. The SMILES string of the molecule is CCC(Cc1ccc([N+](=O)[O-])cc1)(OC)C(=O)O. The number of rotatable bonds is 6. The second kappa shape index (κ2) is 5.59. The van der Waals surface area contributed by atoms with Gasteiger partial charge in [-0.1, -0.05) is 19.1 Å². The Labute approximate surface area is 104 Å². The summed E-state index contributed by atoms with van der Waals surface area (Å²) < 4.78 is 5.10. The van der Waals surface area contributed by atoms with E-state index in [1.165, 1.54) is 19.2 Å². The van der Waals surface area contributed by atoms with E-state index in [2.05, 4.69) is 0 Å². The van der Waals surface area contributed by atoms with Crippen LogP contribution in [0.15, 0.2) is 24.3 Å². The first-order valence-electron chi connectivity index (χ1n) is 5.47. The third-order valence-corrected chi connectivity index (χ3v) is 2.99. The number of nitro benzene ring substituents is 1. The van der Waals surface area contributed by atoms with Crippen molar-refractivity contribution in [2.45, 2.75) is 25.4 Å². The number of carboxylic acids is 1. The molecule has 0 saturated heterocycles. The van der Waals surface area contributed by atoms with Gasteiger partial charge in [0.2, 0.25) is 0 Å². The summed E-state index contributed by atoms with van der Waals surface area (Å²) in [4.78, 5) is 21.2. The lowest BCUT2D eigenvalue weighted by Gasteiger charge is -2.26. The summed E-state index contributed by atoms with van der Waals surface area (Å²) in [6.07, 6.45) is 0.489. The first-order valence-corrected chi connectivity index (χ1v) is 5.47. The van der Waals surface area contributed by atoms with Gasteiger partial charge in [0.1, 0.15) is 0 Å². The zero-order valence-electron chi connectivity index (χ0n) is 10.3. The van der Waals surface area contributed by atoms with Gasteiger partial charge in [-0.3, -0.25) is 10.1 Å². The first kappa shape index (κ1) is 14.1. The van der Waals surface area contributed by atoms with Crippen LogP contribution in [0.2, 0.25) is 0 Å². The number of nitrogens with zero attached hydrogens (tertiary/aromatic N) is 1. The van der Waals surface area contributed by atoms with E-state index >= 15 is 0 Å². The van der Waals surface area contributed by atoms with Gasteiger partial charge in [0.05, 0.1) is 4.92 Å². The van der Waals surface area contributed by atoms with Gasteiger partial charge in [0, 0.05) is 25.7 Å². The van der Waals surface area contributed by atoms with Crippen molar-refractivity contribution in [2.75, 3.05) is 7.11 Å². The van der Waals surface area contributed by atoms with E-state index < -0.39 is 16.5 Å². The maximum absolute atomic E-state index is 11.2. The standard InChI is InChI=1S/C12H15NO5/c1-3-12(18-2,11(14)15)8-9-4-6-10(7-5-9)13(16)17/h4-7H,3,8H2,1-2H3,(H,14,15). The number of hydrogen-bond donors (Lipinski definition) is 1. The smallest absolute Gasteiger partial charge is 0.336 e. The van der Waals surface area contributed by atoms with Gasteiger partial charge >= 0.3 is 5.97 Å². The van der Waals surface area contributed by atoms with Crippen molar-refractivity contribution in [3.8, 4) is 0 Å². The molecule has 18 heavy (non-hydrogen) atoms. The maximum Gasteiger partial charge on any atom is 0.336 e. The molecule has 98 valence electrons. The van der Waals surface area contributed by atoms with Crippen LogP contribution in [-0.2, 0) is 16.0 Å². The Morgan fingerprint density at radius 1 is 1.44 bits per heavy atom. The number of carbonyl (C=O) groups is 1. The van der Waals surface area contributed by atoms with E-state index in [9.17, 15) is 20.0 Å². The van der Waals surface area contributed by atoms with Crippen molar-refractivity contribution < 1.29 is 19.6 Å². The molecule has 0 saturated carbocycles. The van der Waals surface area contributed by atoms with Crippen molar-refractivity contribution in [3.05, 3.63) is 39.9 Å². The highest BCUT2D eigenvalue weighted by atomic mass is 16.6. The van der Waals surface area contributed by atoms with E-state index in [1.807, 2.05) is 0 Å². The molecule has 6 nitrogen and oxygen atoms in total. The third-order valence-electron chi connectivity index (χ3n) is 2.99. The Bertz CT molecular complexity index is 436. The zero-order chi connectivity index (χ0) is 13.8. The van der Waals surface area contributed by atoms with E-state index in [0.29, 0.717) is 12.0 Å². The molecule has 0 fully saturated rings. The predicted octanol–water partition coefficient (Wildman–Crippen LogP) is 2.02. The van der Waals surface area contributed by atoms with Crippen molar-refractivity contribution in [1.82, 2.24) is 0 Å². The summed E-state index contributed by atoms with van der Waals surface area (Å²) >= 11 is 0. The summed E-state index contributed by atoms with van der Waals surface area (Å²) in [6, 6.07) is 5.80. The van der Waals surface area contributed by atoms with E-state index in [-0.39, 0.29) is 12.1 Å². The lowest BCUT2D eigenvalue weighted by Crippen LogP contribution is -2.42. The molecule has 1 aromatic carbocycles. The molecule has 0 aliphatic carbocycles. The molecular formula is C12H15NO5. The van der Waals surface area contributed by atoms with E-state index in [1.54, 1.807) is 19.1 Å². The number of hydrogen-bond acceptors (Lipinski definition) is 4. The minimum absolute atomic E-state index is 0.0198. The topological polar surface area (TPSA) is 89.7 Å². The van der Waals surface area contributed by atoms with Gasteiger partial charge in [-0.05, 0) is 12.0 Å². The Kier molecular flexibility index (Phi) is 4.38. The number of non-ortho nitro benzene ring substituents is 1. The maximum atomic E-state index is 11.2. The van der Waals surface area contributed by atoms with Crippen LogP contribution in [0.4, 0.5) is 5.69 Å². The van der Waals surface area contributed by atoms with E-state index in [4.69, 9.17) is 4.74 Å². The van der Waals surface area contributed by atoms with Crippen LogP contribution >= 0.6 is 0 Å². The number of ether oxygens (including phenoxy) is 1. The number of methoxy groups -OCH3 is 1. The Hall–Kier alpha value is -1.95. The average molecular weight is 253 g/mol. The molecule has 1 N–H and O–H groups in total. The summed E-state index contributed by atoms with van der Waals surface area (Å²) in [5.41, 5.74) is -0.615. The molecule has 0 aliphatic heterocycles. The fraction of sp³-hybridized carbons (Fsp3) is 0.417. The highest BCUT2D eigenvalue weighted by molar-refractivity contribution is 5.77. The average Bonchev–Trinajstić information content (AvgIpc) is 2.36. The van der Waals surface area contributed by atoms with Crippen LogP contribution in [0.25, 0.3) is 0 Å². The molecule has 1 rings (SSSR count). The number of carboxylic acid groups (broad SMARTS) is 1. The highest BCUT2D eigenvalue weighted by Crippen LogP contribution is 2.23. The highest BCUT2D eigenvalue weighted by Gasteiger charge is 2.36. The molecule has 0 aliphatic rings. The van der Waals surface area contributed by atoms with Gasteiger partial charge in [-0.2, -0.15) is 0 Å². The van der Waals surface area contributed by atoms with Gasteiger partial charge < -0.3 is 9.84 Å². The Balaban J connectivity index is 2.95. The predicted molar refractivity (Wildman–Crippen MR) is 64.5 cm³/mol. The minimum Gasteiger partial charge on any atom is -0.479 e. The molecule has 0 spiro atoms. The van der Waals surface area contributed by atoms with Crippen molar-refractivity contribution >= 4 is 11.7 Å². The number of aliphatic carboxylic acids is 1. The second-order valence-electron chi connectivity index (χ2n) is 3.96. The van der Waals surface area contributed by atoms with Crippen LogP contribution in [0, 0.1) is 10.1 Å². The lowest BCUT2D eigenvalue weighted by atomic mass is 9.91. The van der Waals surface area contributed by atoms with Gasteiger partial charge in [-0.15, -0.1) is 0 Å². The van der Waals surface area contributed by atoms with Gasteiger partial charge in [-0.25, -0.2) is 4.79 Å². The molecular weight excluding hydrogens is 238 g/mol. The fourth-order valence-corrected chi connectivity index (χ4v) is 1.72. The molecule has 0 heterocycles. The van der Waals surface area contributed by atoms with Crippen molar-refractivity contribution in [1.29, 1.82) is 0 Å². The Morgan fingerprint density at radius 3 is 2.33 bits per heavy atom. The lowest BCUT2D eigenvalue weighted by molar-refractivity contribution is -0.384. The summed E-state index contributed by atoms with van der Waals surface area (Å²) in [5.74, 6) is -1.04. The summed E-state index contributed by atoms with van der Waals surface area (Å²) in [6.45, 7) is 1.73. The Morgan fingerprint density at radius 2 is 2.00 bits per heavy atom. The molecule has 1 atom stereocenters. The van der Waals surface area contributed by atoms with Crippen LogP contribution in [0.1, 0.15) is 18.9 Å². The zero-order valence-corrected chi connectivity index (χ0v) is 10.3. The monoisotopic (exact) mass is 253 g/mol. The minimum atomic E-state index is -1.28. The molecule has 0 bridgehead atoms. The van der Waals surface area contributed by atoms with Crippen molar-refractivity contribution in [2.24, 2.45) is 0 Å². The first-order chi connectivity index (χ1) is 8.45. The second-order valence-corrected chi connectivity index (χ2v) is 3.96. The van der Waals surface area contributed by atoms with Gasteiger partial charge in [0.25, 0.3) is 5.69 Å². The van der Waals surface area contributed by atoms with Crippen LogP contribution < -0.4 is 0 Å². The van der Waals surface area contributed by atoms with Crippen LogP contribution in [-0.4, -0.2) is 28.7 Å². The molecule has 1 aromatic rings. The fourth-order valence-electron chi connectivity index (χ4n) is 1.72. The quantitative estimate of drug-likeness (QED) is 0.618. The molecule has 0 aromatic heterocycles. The molecule has 0 amide bonds. The third kappa shape index (κ3) is 2.84. The van der Waals surface area contributed by atoms with E-state index in [0.717, 1.165) is 0 Å². The molecule has 0 radical (unpaired) electrons. The van der Waals surface area contributed by atoms with Crippen LogP contribution in [0.5, 0.6) is 0 Å². The normalized spacial score (nSPS) is 13.9. The van der Waals surface area contributed by atoms with Gasteiger partial charge in [0.15, 0.2) is 5.60 Å². The largest absolute Gasteiger partial charge is 0.479 e. The number of benzene rings is 1.